The molecule has 0 radical (unpaired) electrons. The van der Waals surface area contributed by atoms with E-state index in [9.17, 15) is 18.8 Å². The van der Waals surface area contributed by atoms with E-state index in [1.54, 1.807) is 54.5 Å². The predicted octanol–water partition coefficient (Wildman–Crippen LogP) is 5.69. The molecule has 2 aliphatic rings. The number of hydrogen-bond donors (Lipinski definition) is 2. The molecule has 1 amide bonds. The number of piperidine rings is 1. The number of pyridine rings is 1. The number of ether oxygens (including phenoxy) is 1. The molecular weight excluding hydrogens is 636 g/mol. The summed E-state index contributed by atoms with van der Waals surface area (Å²) >= 11 is 2.93. The van der Waals surface area contributed by atoms with Crippen molar-refractivity contribution in [3.63, 3.8) is 0 Å². The summed E-state index contributed by atoms with van der Waals surface area (Å²) in [4.78, 5) is 45.9. The van der Waals surface area contributed by atoms with Crippen molar-refractivity contribution in [1.82, 2.24) is 20.5 Å². The van der Waals surface area contributed by atoms with Gasteiger partial charge >= 0.3 is 5.97 Å². The molecule has 3 aromatic rings. The lowest BCUT2D eigenvalue weighted by Crippen LogP contribution is -2.45. The van der Waals surface area contributed by atoms with Gasteiger partial charge in [0.05, 0.1) is 0 Å². The van der Waals surface area contributed by atoms with Crippen LogP contribution in [0.1, 0.15) is 52.0 Å². The quantitative estimate of drug-likeness (QED) is 0.234. The highest BCUT2D eigenvalue weighted by atomic mass is 32.2. The van der Waals surface area contributed by atoms with Gasteiger partial charge in [-0.3, -0.25) is 14.6 Å². The SMILES string of the molecule is CSCC[C@H](NC(=O)c1ccc(C=C[C@@H]2C[C@H](SC(=O)c3cccnc3)CN2)cc1-c1ccc(F)cc1)C(=O)OC1CCN(C)CC1. The van der Waals surface area contributed by atoms with E-state index in [2.05, 4.69) is 33.6 Å². The Hall–Kier alpha value is -3.51. The fraction of sp³-hybridized carbons (Fsp3) is 0.389. The van der Waals surface area contributed by atoms with Gasteiger partial charge in [-0.15, -0.1) is 0 Å². The van der Waals surface area contributed by atoms with Crippen molar-refractivity contribution in [2.45, 2.75) is 49.1 Å². The van der Waals surface area contributed by atoms with Gasteiger partial charge < -0.3 is 20.3 Å². The minimum Gasteiger partial charge on any atom is -0.461 e. The number of aromatic nitrogens is 1. The van der Waals surface area contributed by atoms with Gasteiger partial charge in [0, 0.05) is 54.4 Å². The summed E-state index contributed by atoms with van der Waals surface area (Å²) in [5.41, 5.74) is 3.17. The van der Waals surface area contributed by atoms with E-state index in [4.69, 9.17) is 4.74 Å². The average molecular weight is 677 g/mol. The number of carbonyl (C=O) groups is 3. The van der Waals surface area contributed by atoms with Crippen LogP contribution in [-0.4, -0.2) is 89.0 Å². The Labute approximate surface area is 284 Å². The number of esters is 1. The Kier molecular flexibility index (Phi) is 12.6. The lowest BCUT2D eigenvalue weighted by Gasteiger charge is -2.30. The maximum Gasteiger partial charge on any atom is 0.328 e. The number of rotatable bonds is 12. The molecule has 2 aromatic carbocycles. The van der Waals surface area contributed by atoms with Crippen LogP contribution in [0.15, 0.2) is 73.1 Å². The molecule has 47 heavy (non-hydrogen) atoms. The van der Waals surface area contributed by atoms with Gasteiger partial charge in [-0.1, -0.05) is 42.1 Å². The van der Waals surface area contributed by atoms with Crippen LogP contribution in [-0.2, 0) is 9.53 Å². The molecule has 2 N–H and O–H groups in total. The van der Waals surface area contributed by atoms with Crippen molar-refractivity contribution in [2.75, 3.05) is 38.7 Å². The van der Waals surface area contributed by atoms with Crippen LogP contribution in [0.5, 0.6) is 0 Å². The van der Waals surface area contributed by atoms with Crippen LogP contribution >= 0.6 is 23.5 Å². The molecule has 1 aromatic heterocycles. The molecule has 0 spiro atoms. The third-order valence-electron chi connectivity index (χ3n) is 8.41. The lowest BCUT2D eigenvalue weighted by atomic mass is 9.96. The van der Waals surface area contributed by atoms with Gasteiger partial charge in [0.2, 0.25) is 5.12 Å². The molecule has 248 valence electrons. The summed E-state index contributed by atoms with van der Waals surface area (Å²) in [6.07, 6.45) is 11.9. The number of benzene rings is 2. The Bertz CT molecular complexity index is 1550. The second-order valence-corrected chi connectivity index (χ2v) is 14.2. The number of likely N-dealkylation sites (tertiary alicyclic amines) is 1. The van der Waals surface area contributed by atoms with E-state index in [-0.39, 0.29) is 34.2 Å². The normalized spacial score (nSPS) is 19.5. The maximum atomic E-state index is 13.9. The highest BCUT2D eigenvalue weighted by molar-refractivity contribution is 8.14. The van der Waals surface area contributed by atoms with Gasteiger partial charge in [0.15, 0.2) is 0 Å². The largest absolute Gasteiger partial charge is 0.461 e. The second kappa shape index (κ2) is 17.1. The van der Waals surface area contributed by atoms with Crippen molar-refractivity contribution in [3.8, 4) is 11.1 Å². The second-order valence-electron chi connectivity index (χ2n) is 11.9. The lowest BCUT2D eigenvalue weighted by molar-refractivity contribution is -0.153. The van der Waals surface area contributed by atoms with Gasteiger partial charge in [-0.25, -0.2) is 9.18 Å². The molecule has 0 aliphatic carbocycles. The van der Waals surface area contributed by atoms with Crippen molar-refractivity contribution in [2.24, 2.45) is 0 Å². The first-order valence-electron chi connectivity index (χ1n) is 15.9. The van der Waals surface area contributed by atoms with Crippen LogP contribution in [0.25, 0.3) is 17.2 Å². The van der Waals surface area contributed by atoms with E-state index in [1.165, 1.54) is 23.9 Å². The van der Waals surface area contributed by atoms with Crippen LogP contribution in [0, 0.1) is 5.82 Å². The molecule has 11 heteroatoms. The minimum absolute atomic E-state index is 0.0121. The summed E-state index contributed by atoms with van der Waals surface area (Å²) in [6, 6.07) is 14.4. The van der Waals surface area contributed by atoms with Crippen LogP contribution in [0.3, 0.4) is 0 Å². The molecular formula is C36H41FN4O4S2. The van der Waals surface area contributed by atoms with Gasteiger partial charge in [0.1, 0.15) is 18.0 Å². The monoisotopic (exact) mass is 676 g/mol. The number of amides is 1. The fourth-order valence-electron chi connectivity index (χ4n) is 5.70. The van der Waals surface area contributed by atoms with Crippen LogP contribution in [0.4, 0.5) is 4.39 Å². The summed E-state index contributed by atoms with van der Waals surface area (Å²) in [7, 11) is 2.05. The zero-order valence-corrected chi connectivity index (χ0v) is 28.3. The van der Waals surface area contributed by atoms with Gasteiger partial charge in [0.25, 0.3) is 5.91 Å². The first-order chi connectivity index (χ1) is 22.8. The zero-order valence-electron chi connectivity index (χ0n) is 26.7. The molecule has 2 aliphatic heterocycles. The topological polar surface area (TPSA) is 101 Å². The van der Waals surface area contributed by atoms with Crippen molar-refractivity contribution < 1.29 is 23.5 Å². The standard InChI is InChI=1S/C36H41FN4O4S2/c1-41-17-13-29(14-18-41)45-35(43)33(15-19-46-2)40-34(42)31-12-6-24(20-32(31)25-7-9-27(37)10-8-25)5-11-28-21-30(23-39-28)47-36(44)26-4-3-16-38-22-26/h3-12,16,20,22,28-30,33,39H,13-15,17-19,21,23H2,1-2H3,(H,40,42)/t28-,30+,33+/m1/s1. The van der Waals surface area contributed by atoms with Crippen molar-refractivity contribution in [3.05, 3.63) is 95.6 Å². The van der Waals surface area contributed by atoms with Crippen LogP contribution < -0.4 is 10.6 Å². The van der Waals surface area contributed by atoms with Crippen molar-refractivity contribution in [1.29, 1.82) is 0 Å². The molecule has 5 rings (SSSR count). The smallest absolute Gasteiger partial charge is 0.328 e. The Balaban J connectivity index is 1.29. The average Bonchev–Trinajstić information content (AvgIpc) is 3.54. The third-order valence-corrected chi connectivity index (χ3v) is 10.2. The number of thioether (sulfide) groups is 2. The molecule has 0 bridgehead atoms. The highest BCUT2D eigenvalue weighted by Gasteiger charge is 2.29. The first-order valence-corrected chi connectivity index (χ1v) is 18.2. The van der Waals surface area contributed by atoms with E-state index in [1.807, 2.05) is 24.5 Å². The number of hydrogen-bond acceptors (Lipinski definition) is 9. The molecule has 2 fully saturated rings. The fourth-order valence-corrected chi connectivity index (χ4v) is 7.22. The third kappa shape index (κ3) is 9.99. The molecule has 8 nitrogen and oxygen atoms in total. The van der Waals surface area contributed by atoms with Gasteiger partial charge in [-0.2, -0.15) is 11.8 Å². The summed E-state index contributed by atoms with van der Waals surface area (Å²) < 4.78 is 19.7. The first kappa shape index (κ1) is 34.8. The summed E-state index contributed by atoms with van der Waals surface area (Å²) in [5, 5.41) is 6.56. The number of carbonyl (C=O) groups excluding carboxylic acids is 3. The molecule has 0 saturated carbocycles. The minimum atomic E-state index is -0.778. The highest BCUT2D eigenvalue weighted by Crippen LogP contribution is 2.28. The van der Waals surface area contributed by atoms with Gasteiger partial charge in [-0.05, 0) is 97.8 Å². The Morgan fingerprint density at radius 1 is 1.15 bits per heavy atom. The zero-order chi connectivity index (χ0) is 33.2. The Morgan fingerprint density at radius 2 is 1.94 bits per heavy atom. The van der Waals surface area contributed by atoms with E-state index in [0.717, 1.165) is 37.9 Å². The molecule has 3 heterocycles. The van der Waals surface area contributed by atoms with Crippen LogP contribution in [0.2, 0.25) is 0 Å². The molecule has 2 saturated heterocycles. The Morgan fingerprint density at radius 3 is 2.66 bits per heavy atom. The predicted molar refractivity (Wildman–Crippen MR) is 188 cm³/mol. The van der Waals surface area contributed by atoms with E-state index >= 15 is 0 Å². The maximum absolute atomic E-state index is 13.9. The number of nitrogens with one attached hydrogen (secondary N) is 2. The summed E-state index contributed by atoms with van der Waals surface area (Å²) in [6.45, 7) is 2.44. The van der Waals surface area contributed by atoms with E-state index in [0.29, 0.717) is 41.0 Å². The molecule has 0 unspecified atom stereocenters. The number of nitrogens with zero attached hydrogens (tertiary/aromatic N) is 2. The summed E-state index contributed by atoms with van der Waals surface area (Å²) in [5.74, 6) is -0.477. The van der Waals surface area contributed by atoms with E-state index < -0.39 is 12.0 Å². The number of halogens is 1. The molecule has 3 atom stereocenters. The van der Waals surface area contributed by atoms with Crippen molar-refractivity contribution >= 4 is 46.6 Å².